The summed E-state index contributed by atoms with van der Waals surface area (Å²) in [7, 11) is 0. The van der Waals surface area contributed by atoms with Crippen molar-refractivity contribution in [1.82, 2.24) is 25.9 Å². The van der Waals surface area contributed by atoms with E-state index in [1.807, 2.05) is 6.07 Å². The summed E-state index contributed by atoms with van der Waals surface area (Å²) in [5, 5.41) is 17.4. The lowest BCUT2D eigenvalue weighted by Crippen LogP contribution is -2.50. The largest absolute Gasteiger partial charge is 0.432 e. The second-order valence-electron chi connectivity index (χ2n) is 8.52. The molecule has 4 rings (SSSR count). The topological polar surface area (TPSA) is 149 Å². The number of nitrogens with zero attached hydrogens (tertiary/aromatic N) is 2. The van der Waals surface area contributed by atoms with E-state index in [1.165, 1.54) is 12.1 Å². The minimum absolute atomic E-state index is 0.0653. The van der Waals surface area contributed by atoms with Crippen LogP contribution in [0.3, 0.4) is 0 Å². The van der Waals surface area contributed by atoms with Crippen LogP contribution in [0.15, 0.2) is 18.2 Å². The smallest absolute Gasteiger partial charge is 0.387 e. The van der Waals surface area contributed by atoms with Crippen LogP contribution in [0.4, 0.5) is 8.78 Å². The van der Waals surface area contributed by atoms with Crippen LogP contribution in [0, 0.1) is 23.2 Å². The van der Waals surface area contributed by atoms with E-state index in [1.54, 1.807) is 6.07 Å². The van der Waals surface area contributed by atoms with Crippen molar-refractivity contribution in [2.75, 3.05) is 6.54 Å². The molecule has 180 valence electrons. The van der Waals surface area contributed by atoms with Gasteiger partial charge in [-0.1, -0.05) is 18.9 Å². The number of fused-ring (bicyclic) bond motifs is 1. The van der Waals surface area contributed by atoms with Crippen LogP contribution >= 0.6 is 0 Å². The molecule has 1 aromatic carbocycles. The van der Waals surface area contributed by atoms with Gasteiger partial charge in [-0.2, -0.15) is 14.0 Å². The number of ether oxygens (including phenoxy) is 1. The van der Waals surface area contributed by atoms with E-state index >= 15 is 0 Å². The average molecular weight is 474 g/mol. The molecule has 1 aromatic heterocycles. The predicted molar refractivity (Wildman–Crippen MR) is 115 cm³/mol. The van der Waals surface area contributed by atoms with E-state index in [0.29, 0.717) is 24.9 Å². The Morgan fingerprint density at radius 3 is 2.68 bits per heavy atom. The highest BCUT2D eigenvalue weighted by atomic mass is 19.3. The summed E-state index contributed by atoms with van der Waals surface area (Å²) >= 11 is 0. The Labute approximate surface area is 193 Å². The molecule has 2 aromatic rings. The summed E-state index contributed by atoms with van der Waals surface area (Å²) in [6, 6.07) is 4.57. The fourth-order valence-electron chi connectivity index (χ4n) is 4.02. The van der Waals surface area contributed by atoms with Gasteiger partial charge in [-0.15, -0.1) is 0 Å². The number of aromatic amines is 1. The van der Waals surface area contributed by atoms with Crippen molar-refractivity contribution in [3.8, 4) is 11.8 Å². The highest BCUT2D eigenvalue weighted by molar-refractivity contribution is 5.98. The number of aromatic nitrogens is 2. The Bertz CT molecular complexity index is 1130. The molecule has 0 radical (unpaired) electrons. The third-order valence-electron chi connectivity index (χ3n) is 5.95. The number of hydrogen-bond donors (Lipinski definition) is 4. The van der Waals surface area contributed by atoms with Gasteiger partial charge in [-0.25, -0.2) is 4.98 Å². The molecule has 2 fully saturated rings. The average Bonchev–Trinajstić information content (AvgIpc) is 3.35. The van der Waals surface area contributed by atoms with Gasteiger partial charge in [0.1, 0.15) is 17.6 Å². The summed E-state index contributed by atoms with van der Waals surface area (Å²) in [6.45, 7) is -2.51. The van der Waals surface area contributed by atoms with Crippen LogP contribution in [-0.4, -0.2) is 52.9 Å². The molecular formula is C22H24F2N6O4. The Hall–Kier alpha value is -3.75. The SMILES string of the molecule is N#CC(CC1CCNC1=O)NC(=O)C(CC1CC1)NC(=O)c1nc2c(OC(F)F)cccc2[nH]1. The van der Waals surface area contributed by atoms with E-state index in [2.05, 4.69) is 30.7 Å². The number of H-pyrrole nitrogens is 1. The van der Waals surface area contributed by atoms with E-state index in [4.69, 9.17) is 0 Å². The van der Waals surface area contributed by atoms with Crippen molar-refractivity contribution in [3.63, 3.8) is 0 Å². The lowest BCUT2D eigenvalue weighted by molar-refractivity contribution is -0.125. The molecule has 3 amide bonds. The predicted octanol–water partition coefficient (Wildman–Crippen LogP) is 1.60. The number of amides is 3. The van der Waals surface area contributed by atoms with Crippen LogP contribution in [0.1, 0.15) is 42.7 Å². The van der Waals surface area contributed by atoms with Gasteiger partial charge in [0, 0.05) is 12.5 Å². The first-order valence-electron chi connectivity index (χ1n) is 11.1. The van der Waals surface area contributed by atoms with Gasteiger partial charge in [-0.3, -0.25) is 14.4 Å². The molecule has 4 N–H and O–H groups in total. The molecule has 10 nitrogen and oxygen atoms in total. The minimum atomic E-state index is -3.05. The zero-order valence-corrected chi connectivity index (χ0v) is 18.1. The standard InChI is InChI=1S/C22H24F2N6O4/c23-22(24)34-16-3-1-2-14-17(16)30-18(28-14)21(33)29-15(8-11-4-5-11)20(32)27-13(10-25)9-12-6-7-26-19(12)31/h1-3,11-13,15,22H,4-9H2,(H,26,31)(H,27,32)(H,28,30)(H,29,33). The van der Waals surface area contributed by atoms with Gasteiger partial charge in [0.05, 0.1) is 11.6 Å². The quantitative estimate of drug-likeness (QED) is 0.411. The van der Waals surface area contributed by atoms with Gasteiger partial charge >= 0.3 is 6.61 Å². The van der Waals surface area contributed by atoms with Crippen molar-refractivity contribution in [2.24, 2.45) is 11.8 Å². The molecular weight excluding hydrogens is 450 g/mol. The number of carbonyl (C=O) groups is 3. The fraction of sp³-hybridized carbons (Fsp3) is 0.500. The first-order chi connectivity index (χ1) is 16.3. The van der Waals surface area contributed by atoms with Crippen LogP contribution in [0.25, 0.3) is 11.0 Å². The maximum absolute atomic E-state index is 12.9. The monoisotopic (exact) mass is 474 g/mol. The van der Waals surface area contributed by atoms with E-state index in [-0.39, 0.29) is 41.3 Å². The van der Waals surface area contributed by atoms with Gasteiger partial charge < -0.3 is 25.7 Å². The van der Waals surface area contributed by atoms with E-state index in [9.17, 15) is 28.4 Å². The Morgan fingerprint density at radius 1 is 1.24 bits per heavy atom. The van der Waals surface area contributed by atoms with Crippen molar-refractivity contribution < 1.29 is 27.9 Å². The number of imidazole rings is 1. The molecule has 12 heteroatoms. The van der Waals surface area contributed by atoms with Crippen LogP contribution in [0.2, 0.25) is 0 Å². The molecule has 1 saturated heterocycles. The van der Waals surface area contributed by atoms with Gasteiger partial charge in [-0.05, 0) is 37.3 Å². The summed E-state index contributed by atoms with van der Waals surface area (Å²) in [4.78, 5) is 44.4. The molecule has 3 unspecified atom stereocenters. The molecule has 3 atom stereocenters. The Balaban J connectivity index is 1.45. The Kier molecular flexibility index (Phi) is 6.90. The second kappa shape index (κ2) is 10.0. The third kappa shape index (κ3) is 5.59. The lowest BCUT2D eigenvalue weighted by atomic mass is 9.98. The van der Waals surface area contributed by atoms with Gasteiger partial charge in [0.15, 0.2) is 11.6 Å². The molecule has 2 heterocycles. The summed E-state index contributed by atoms with van der Waals surface area (Å²) < 4.78 is 29.8. The number of alkyl halides is 2. The summed E-state index contributed by atoms with van der Waals surface area (Å²) in [5.41, 5.74) is 0.390. The molecule has 1 aliphatic carbocycles. The fourth-order valence-corrected chi connectivity index (χ4v) is 4.02. The number of carbonyl (C=O) groups excluding carboxylic acids is 3. The number of nitriles is 1. The zero-order chi connectivity index (χ0) is 24.2. The van der Waals surface area contributed by atoms with Crippen molar-refractivity contribution in [3.05, 3.63) is 24.0 Å². The minimum Gasteiger partial charge on any atom is -0.432 e. The van der Waals surface area contributed by atoms with Crippen LogP contribution < -0.4 is 20.7 Å². The normalized spacial score (nSPS) is 19.4. The number of hydrogen-bond acceptors (Lipinski definition) is 6. The molecule has 0 spiro atoms. The third-order valence-corrected chi connectivity index (χ3v) is 5.95. The number of rotatable bonds is 10. The van der Waals surface area contributed by atoms with Crippen molar-refractivity contribution in [1.29, 1.82) is 5.26 Å². The van der Waals surface area contributed by atoms with E-state index in [0.717, 1.165) is 12.8 Å². The maximum Gasteiger partial charge on any atom is 0.387 e. The van der Waals surface area contributed by atoms with Gasteiger partial charge in [0.2, 0.25) is 11.8 Å². The highest BCUT2D eigenvalue weighted by Crippen LogP contribution is 2.33. The molecule has 1 aliphatic heterocycles. The zero-order valence-electron chi connectivity index (χ0n) is 18.1. The molecule has 1 saturated carbocycles. The molecule has 2 aliphatic rings. The van der Waals surface area contributed by atoms with Crippen molar-refractivity contribution >= 4 is 28.8 Å². The van der Waals surface area contributed by atoms with Crippen LogP contribution in [0.5, 0.6) is 5.75 Å². The Morgan fingerprint density at radius 2 is 2.03 bits per heavy atom. The van der Waals surface area contributed by atoms with Crippen molar-refractivity contribution in [2.45, 2.75) is 50.8 Å². The maximum atomic E-state index is 12.9. The first-order valence-corrected chi connectivity index (χ1v) is 11.1. The number of nitrogens with one attached hydrogen (secondary N) is 4. The number of halogens is 2. The highest BCUT2D eigenvalue weighted by Gasteiger charge is 2.33. The van der Waals surface area contributed by atoms with Gasteiger partial charge in [0.25, 0.3) is 5.91 Å². The number of benzene rings is 1. The lowest BCUT2D eigenvalue weighted by Gasteiger charge is -2.21. The second-order valence-corrected chi connectivity index (χ2v) is 8.52. The molecule has 34 heavy (non-hydrogen) atoms. The first kappa shape index (κ1) is 23.4. The summed E-state index contributed by atoms with van der Waals surface area (Å²) in [5.74, 6) is -1.76. The van der Waals surface area contributed by atoms with Crippen LogP contribution in [-0.2, 0) is 9.59 Å². The number of para-hydroxylation sites is 1. The van der Waals surface area contributed by atoms with E-state index < -0.39 is 30.5 Å². The molecule has 0 bridgehead atoms. The summed E-state index contributed by atoms with van der Waals surface area (Å²) in [6.07, 6.45) is 3.04.